The first-order valence-corrected chi connectivity index (χ1v) is 16.9. The van der Waals surface area contributed by atoms with Crippen molar-refractivity contribution in [1.82, 2.24) is 14.7 Å². The number of nitrogens with zero attached hydrogens (tertiary/aromatic N) is 3. The second-order valence-corrected chi connectivity index (χ2v) is 15.8. The van der Waals surface area contributed by atoms with Gasteiger partial charge in [0.15, 0.2) is 0 Å². The van der Waals surface area contributed by atoms with Gasteiger partial charge in [0.2, 0.25) is 5.91 Å². The highest BCUT2D eigenvalue weighted by atomic mass is 79.9. The van der Waals surface area contributed by atoms with Crippen LogP contribution in [0.15, 0.2) is 46.9 Å². The minimum Gasteiger partial charge on any atom is -0.459 e. The third-order valence-corrected chi connectivity index (χ3v) is 10.1. The Balaban J connectivity index is 1.33. The van der Waals surface area contributed by atoms with Crippen LogP contribution in [0.4, 0.5) is 0 Å². The van der Waals surface area contributed by atoms with E-state index in [0.717, 1.165) is 30.4 Å². The van der Waals surface area contributed by atoms with E-state index in [-0.39, 0.29) is 41.3 Å². The topological polar surface area (TPSA) is 53.1 Å². The van der Waals surface area contributed by atoms with Crippen LogP contribution < -0.4 is 0 Å². The Morgan fingerprint density at radius 2 is 1.63 bits per heavy atom. The van der Waals surface area contributed by atoms with Crippen LogP contribution in [-0.4, -0.2) is 82.5 Å². The number of piperazine rings is 1. The lowest BCUT2D eigenvalue weighted by molar-refractivity contribution is -0.163. The van der Waals surface area contributed by atoms with E-state index in [1.165, 1.54) is 28.7 Å². The molecule has 3 aliphatic rings. The highest BCUT2D eigenvalue weighted by Gasteiger charge is 2.45. The first-order valence-electron chi connectivity index (χ1n) is 16.1. The van der Waals surface area contributed by atoms with Gasteiger partial charge in [0.05, 0.1) is 5.92 Å². The van der Waals surface area contributed by atoms with Gasteiger partial charge in [0.1, 0.15) is 11.6 Å². The van der Waals surface area contributed by atoms with Gasteiger partial charge in [-0.1, -0.05) is 46.3 Å². The van der Waals surface area contributed by atoms with Gasteiger partial charge in [-0.05, 0) is 109 Å². The second kappa shape index (κ2) is 12.6. The number of esters is 1. The molecule has 1 aliphatic carbocycles. The van der Waals surface area contributed by atoms with Gasteiger partial charge in [-0.25, -0.2) is 0 Å². The summed E-state index contributed by atoms with van der Waals surface area (Å²) in [5.74, 6) is 0.119. The van der Waals surface area contributed by atoms with Crippen LogP contribution in [-0.2, 0) is 33.6 Å². The molecule has 2 unspecified atom stereocenters. The lowest BCUT2D eigenvalue weighted by Crippen LogP contribution is -2.60. The van der Waals surface area contributed by atoms with E-state index >= 15 is 0 Å². The average molecular weight is 653 g/mol. The van der Waals surface area contributed by atoms with Gasteiger partial charge in [-0.15, -0.1) is 0 Å². The zero-order valence-electron chi connectivity index (χ0n) is 27.2. The van der Waals surface area contributed by atoms with Crippen LogP contribution in [0.1, 0.15) is 83.1 Å². The van der Waals surface area contributed by atoms with Crippen LogP contribution in [0, 0.1) is 5.92 Å². The Bertz CT molecular complexity index is 1310. The molecule has 2 aliphatic heterocycles. The molecule has 2 saturated heterocycles. The van der Waals surface area contributed by atoms with Gasteiger partial charge >= 0.3 is 5.97 Å². The molecule has 2 aromatic rings. The number of rotatable bonds is 6. The number of halogens is 1. The van der Waals surface area contributed by atoms with Gasteiger partial charge in [-0.3, -0.25) is 19.4 Å². The summed E-state index contributed by atoms with van der Waals surface area (Å²) in [6.07, 6.45) is 4.10. The molecule has 0 radical (unpaired) electrons. The number of likely N-dealkylation sites (tertiary alicyclic amines) is 1. The monoisotopic (exact) mass is 651 g/mol. The number of hydrogen-bond donors (Lipinski definition) is 0. The van der Waals surface area contributed by atoms with Crippen molar-refractivity contribution in [3.8, 4) is 0 Å². The molecule has 0 aromatic heterocycles. The molecule has 5 rings (SSSR count). The van der Waals surface area contributed by atoms with Crippen molar-refractivity contribution in [3.05, 3.63) is 69.2 Å². The molecule has 234 valence electrons. The predicted molar refractivity (Wildman–Crippen MR) is 176 cm³/mol. The summed E-state index contributed by atoms with van der Waals surface area (Å²) < 4.78 is 7.00. The Labute approximate surface area is 267 Å². The van der Waals surface area contributed by atoms with E-state index < -0.39 is 5.60 Å². The lowest BCUT2D eigenvalue weighted by Gasteiger charge is -2.44. The minimum absolute atomic E-state index is 0.000428. The number of amides is 1. The van der Waals surface area contributed by atoms with Crippen LogP contribution in [0.5, 0.6) is 0 Å². The zero-order chi connectivity index (χ0) is 31.1. The summed E-state index contributed by atoms with van der Waals surface area (Å²) in [7, 11) is 0. The highest BCUT2D eigenvalue weighted by Crippen LogP contribution is 2.38. The summed E-state index contributed by atoms with van der Waals surface area (Å²) in [4.78, 5) is 34.7. The molecule has 6 nitrogen and oxygen atoms in total. The number of hydrogen-bond acceptors (Lipinski definition) is 5. The zero-order valence-corrected chi connectivity index (χ0v) is 28.7. The van der Waals surface area contributed by atoms with Crippen LogP contribution in [0.2, 0.25) is 0 Å². The lowest BCUT2D eigenvalue weighted by atomic mass is 9.87. The fraction of sp³-hybridized carbons (Fsp3) is 0.611. The molecule has 7 heteroatoms. The van der Waals surface area contributed by atoms with Crippen molar-refractivity contribution in [1.29, 1.82) is 0 Å². The van der Waals surface area contributed by atoms with Crippen LogP contribution in [0.25, 0.3) is 0 Å². The largest absolute Gasteiger partial charge is 0.459 e. The Morgan fingerprint density at radius 3 is 2.28 bits per heavy atom. The van der Waals surface area contributed by atoms with E-state index in [4.69, 9.17) is 4.74 Å². The average Bonchev–Trinajstić information content (AvgIpc) is 3.58. The number of aryl methyl sites for hydroxylation is 2. The molecule has 4 atom stereocenters. The SMILES string of the molecule is C[C@H]1CN([C@@H](Cc2ccc3c(c2)CCC3)C(=O)OC(C)(C)C)CCN1C(=O)C1CN(C(C)(C)C)CC1c1ccc(Br)cc1. The first kappa shape index (κ1) is 32.2. The molecule has 2 fully saturated rings. The fourth-order valence-electron chi connectivity index (χ4n) is 7.17. The molecule has 0 N–H and O–H groups in total. The van der Waals surface area contributed by atoms with Crippen LogP contribution in [0.3, 0.4) is 0 Å². The summed E-state index contributed by atoms with van der Waals surface area (Å²) in [5.41, 5.74) is 4.71. The van der Waals surface area contributed by atoms with Crippen LogP contribution >= 0.6 is 15.9 Å². The van der Waals surface area contributed by atoms with Crippen molar-refractivity contribution in [2.45, 2.75) is 103 Å². The molecular formula is C36H50BrN3O3. The van der Waals surface area contributed by atoms with Gasteiger partial charge < -0.3 is 9.64 Å². The molecule has 0 spiro atoms. The van der Waals surface area contributed by atoms with E-state index in [2.05, 4.69) is 101 Å². The van der Waals surface area contributed by atoms with E-state index in [0.29, 0.717) is 26.1 Å². The standard InChI is InChI=1S/C36H50BrN3O3/c1-24-21-38(32(34(42)43-36(5,6)7)20-25-11-12-26-9-8-10-28(26)19-25)17-18-40(24)33(41)31-23-39(35(2,3)4)22-30(31)27-13-15-29(37)16-14-27/h11-16,19,24,30-32H,8-10,17-18,20-23H2,1-7H3/t24-,30?,31?,32-/m0/s1. The predicted octanol–water partition coefficient (Wildman–Crippen LogP) is 6.24. The summed E-state index contributed by atoms with van der Waals surface area (Å²) in [6, 6.07) is 14.8. The normalized spacial score (nSPS) is 24.2. The summed E-state index contributed by atoms with van der Waals surface area (Å²) >= 11 is 3.57. The van der Waals surface area contributed by atoms with Gasteiger partial charge in [-0.2, -0.15) is 0 Å². The molecule has 2 heterocycles. The number of ether oxygens (including phenoxy) is 1. The maximum atomic E-state index is 14.3. The van der Waals surface area contributed by atoms with E-state index in [1.807, 2.05) is 20.8 Å². The molecule has 43 heavy (non-hydrogen) atoms. The fourth-order valence-corrected chi connectivity index (χ4v) is 7.43. The number of carbonyl (C=O) groups is 2. The maximum absolute atomic E-state index is 14.3. The third kappa shape index (κ3) is 7.54. The highest BCUT2D eigenvalue weighted by molar-refractivity contribution is 9.10. The first-order chi connectivity index (χ1) is 20.2. The third-order valence-electron chi connectivity index (χ3n) is 9.54. The number of carbonyl (C=O) groups excluding carboxylic acids is 2. The van der Waals surface area contributed by atoms with E-state index in [9.17, 15) is 9.59 Å². The number of benzene rings is 2. The van der Waals surface area contributed by atoms with Crippen molar-refractivity contribution >= 4 is 27.8 Å². The Kier molecular flexibility index (Phi) is 9.46. The Hall–Kier alpha value is -2.22. The molecule has 0 bridgehead atoms. The quantitative estimate of drug-likeness (QED) is 0.346. The van der Waals surface area contributed by atoms with Crippen molar-refractivity contribution in [3.63, 3.8) is 0 Å². The molecule has 1 amide bonds. The van der Waals surface area contributed by atoms with Crippen molar-refractivity contribution in [2.75, 3.05) is 32.7 Å². The summed E-state index contributed by atoms with van der Waals surface area (Å²) in [6.45, 7) is 18.2. The van der Waals surface area contributed by atoms with Gasteiger partial charge in [0.25, 0.3) is 0 Å². The van der Waals surface area contributed by atoms with Gasteiger partial charge in [0, 0.05) is 54.7 Å². The Morgan fingerprint density at radius 1 is 0.930 bits per heavy atom. The minimum atomic E-state index is -0.555. The molecule has 2 aromatic carbocycles. The maximum Gasteiger partial charge on any atom is 0.324 e. The molecular weight excluding hydrogens is 602 g/mol. The smallest absolute Gasteiger partial charge is 0.324 e. The van der Waals surface area contributed by atoms with Crippen molar-refractivity contribution < 1.29 is 14.3 Å². The number of fused-ring (bicyclic) bond motifs is 1. The second-order valence-electron chi connectivity index (χ2n) is 14.9. The van der Waals surface area contributed by atoms with E-state index in [1.54, 1.807) is 0 Å². The van der Waals surface area contributed by atoms with Crippen molar-refractivity contribution in [2.24, 2.45) is 5.92 Å². The summed E-state index contributed by atoms with van der Waals surface area (Å²) in [5, 5.41) is 0. The molecule has 0 saturated carbocycles.